The highest BCUT2D eigenvalue weighted by Crippen LogP contribution is 2.33. The molecule has 2 heterocycles. The van der Waals surface area contributed by atoms with Gasteiger partial charge in [0.05, 0.1) is 24.2 Å². The quantitative estimate of drug-likeness (QED) is 0.567. The van der Waals surface area contributed by atoms with Crippen LogP contribution in [-0.2, 0) is 9.53 Å². The molecule has 0 N–H and O–H groups in total. The topological polar surface area (TPSA) is 38.8 Å². The zero-order valence-corrected chi connectivity index (χ0v) is 15.3. The highest BCUT2D eigenvalue weighted by molar-refractivity contribution is 8.26. The van der Waals surface area contributed by atoms with Crippen molar-refractivity contribution in [2.75, 3.05) is 19.8 Å². The molecule has 3 rings (SSSR count). The molecule has 1 atom stereocenters. The number of amides is 1. The lowest BCUT2D eigenvalue weighted by atomic mass is 10.2. The van der Waals surface area contributed by atoms with Gasteiger partial charge in [0, 0.05) is 6.61 Å². The van der Waals surface area contributed by atoms with Gasteiger partial charge >= 0.3 is 0 Å². The van der Waals surface area contributed by atoms with E-state index in [0.717, 1.165) is 37.2 Å². The Kier molecular flexibility index (Phi) is 5.92. The number of hydrogen-bond donors (Lipinski definition) is 0. The number of thioether (sulfide) groups is 1. The fourth-order valence-corrected chi connectivity index (χ4v) is 3.96. The molecule has 2 aliphatic heterocycles. The monoisotopic (exact) mass is 363 g/mol. The van der Waals surface area contributed by atoms with Crippen LogP contribution in [0.5, 0.6) is 5.75 Å². The van der Waals surface area contributed by atoms with E-state index in [1.165, 1.54) is 11.8 Å². The molecule has 0 saturated carbocycles. The van der Waals surface area contributed by atoms with Crippen molar-refractivity contribution in [3.8, 4) is 5.75 Å². The molecule has 0 aromatic heterocycles. The van der Waals surface area contributed by atoms with E-state index < -0.39 is 0 Å². The Labute approximate surface area is 152 Å². The molecule has 0 aliphatic carbocycles. The van der Waals surface area contributed by atoms with Gasteiger partial charge in [-0.1, -0.05) is 43.0 Å². The average molecular weight is 364 g/mol. The zero-order valence-electron chi connectivity index (χ0n) is 13.7. The summed E-state index contributed by atoms with van der Waals surface area (Å²) in [7, 11) is 0. The molecule has 1 aromatic carbocycles. The van der Waals surface area contributed by atoms with Crippen molar-refractivity contribution in [3.05, 3.63) is 34.7 Å². The van der Waals surface area contributed by atoms with Crippen LogP contribution in [0.25, 0.3) is 6.08 Å². The summed E-state index contributed by atoms with van der Waals surface area (Å²) in [5.74, 6) is 0.826. The van der Waals surface area contributed by atoms with Crippen LogP contribution < -0.4 is 4.74 Å². The number of rotatable bonds is 6. The van der Waals surface area contributed by atoms with Crippen LogP contribution in [0.1, 0.15) is 31.7 Å². The maximum absolute atomic E-state index is 12.6. The first-order valence-electron chi connectivity index (χ1n) is 8.27. The summed E-state index contributed by atoms with van der Waals surface area (Å²) in [6, 6.07) is 7.76. The van der Waals surface area contributed by atoms with E-state index in [0.29, 0.717) is 22.4 Å². The highest BCUT2D eigenvalue weighted by atomic mass is 32.2. The molecule has 0 unspecified atom stereocenters. The number of thiocarbonyl (C=S) groups is 1. The van der Waals surface area contributed by atoms with Crippen molar-refractivity contribution in [2.45, 2.75) is 32.3 Å². The second-order valence-corrected chi connectivity index (χ2v) is 7.52. The fraction of sp³-hybridized carbons (Fsp3) is 0.444. The molecule has 6 heteroatoms. The van der Waals surface area contributed by atoms with E-state index in [4.69, 9.17) is 21.7 Å². The van der Waals surface area contributed by atoms with Crippen LogP contribution in [-0.4, -0.2) is 41.0 Å². The van der Waals surface area contributed by atoms with Crippen LogP contribution in [0.3, 0.4) is 0 Å². The molecular formula is C18H21NO3S2. The van der Waals surface area contributed by atoms with Crippen LogP contribution in [0.15, 0.2) is 29.2 Å². The fourth-order valence-electron chi connectivity index (χ4n) is 2.68. The standard InChI is InChI=1S/C18H21NO3S2/c1-2-9-21-14-7-5-13(6-8-14)11-16-17(20)19(18(23)24-16)12-15-4-3-10-22-15/h5-8,11,15H,2-4,9-10,12H2,1H3/b16-11+/t15-/m0/s1. The molecule has 24 heavy (non-hydrogen) atoms. The Bertz CT molecular complexity index is 636. The SMILES string of the molecule is CCCOc1ccc(/C=C2/SC(=S)N(C[C@@H]3CCCO3)C2=O)cc1. The minimum atomic E-state index is -0.0215. The summed E-state index contributed by atoms with van der Waals surface area (Å²) in [6.07, 6.45) is 5.03. The lowest BCUT2D eigenvalue weighted by Crippen LogP contribution is -2.35. The Morgan fingerprint density at radius 1 is 1.42 bits per heavy atom. The van der Waals surface area contributed by atoms with Gasteiger partial charge in [-0.3, -0.25) is 9.69 Å². The second-order valence-electron chi connectivity index (χ2n) is 5.84. The minimum absolute atomic E-state index is 0.0215. The first kappa shape index (κ1) is 17.5. The van der Waals surface area contributed by atoms with E-state index in [1.54, 1.807) is 4.90 Å². The first-order chi connectivity index (χ1) is 11.7. The molecule has 2 fully saturated rings. The highest BCUT2D eigenvalue weighted by Gasteiger charge is 2.34. The largest absolute Gasteiger partial charge is 0.494 e. The van der Waals surface area contributed by atoms with Crippen molar-refractivity contribution >= 4 is 40.3 Å². The molecule has 0 bridgehead atoms. The van der Waals surface area contributed by atoms with Crippen LogP contribution in [0, 0.1) is 0 Å². The minimum Gasteiger partial charge on any atom is -0.494 e. The van der Waals surface area contributed by atoms with Crippen molar-refractivity contribution in [2.24, 2.45) is 0 Å². The maximum atomic E-state index is 12.6. The lowest BCUT2D eigenvalue weighted by Gasteiger charge is -2.18. The van der Waals surface area contributed by atoms with Gasteiger partial charge in [-0.15, -0.1) is 0 Å². The van der Waals surface area contributed by atoms with Gasteiger partial charge in [-0.25, -0.2) is 0 Å². The molecule has 0 spiro atoms. The smallest absolute Gasteiger partial charge is 0.266 e. The summed E-state index contributed by atoms with van der Waals surface area (Å²) in [6.45, 7) is 4.13. The Hall–Kier alpha value is -1.37. The summed E-state index contributed by atoms with van der Waals surface area (Å²) < 4.78 is 11.8. The van der Waals surface area contributed by atoms with Crippen molar-refractivity contribution in [1.29, 1.82) is 0 Å². The molecule has 1 amide bonds. The first-order valence-corrected chi connectivity index (χ1v) is 9.49. The molecule has 2 saturated heterocycles. The third-order valence-corrected chi connectivity index (χ3v) is 5.31. The summed E-state index contributed by atoms with van der Waals surface area (Å²) >= 11 is 6.73. The summed E-state index contributed by atoms with van der Waals surface area (Å²) in [4.78, 5) is 14.9. The van der Waals surface area contributed by atoms with Crippen LogP contribution in [0.2, 0.25) is 0 Å². The van der Waals surface area contributed by atoms with E-state index in [9.17, 15) is 4.79 Å². The Balaban J connectivity index is 1.66. The number of benzene rings is 1. The molecule has 128 valence electrons. The molecular weight excluding hydrogens is 342 g/mol. The number of carbonyl (C=O) groups excluding carboxylic acids is 1. The van der Waals surface area contributed by atoms with E-state index in [2.05, 4.69) is 6.92 Å². The third-order valence-electron chi connectivity index (χ3n) is 3.93. The zero-order chi connectivity index (χ0) is 16.9. The maximum Gasteiger partial charge on any atom is 0.266 e. The van der Waals surface area contributed by atoms with E-state index in [-0.39, 0.29) is 12.0 Å². The van der Waals surface area contributed by atoms with Crippen molar-refractivity contribution in [1.82, 2.24) is 4.90 Å². The summed E-state index contributed by atoms with van der Waals surface area (Å²) in [5.41, 5.74) is 0.969. The third kappa shape index (κ3) is 4.18. The van der Waals surface area contributed by atoms with Gasteiger partial charge in [0.25, 0.3) is 5.91 Å². The van der Waals surface area contributed by atoms with Gasteiger partial charge in [-0.05, 0) is 43.0 Å². The Morgan fingerprint density at radius 2 is 2.21 bits per heavy atom. The molecule has 0 radical (unpaired) electrons. The van der Waals surface area contributed by atoms with Crippen LogP contribution >= 0.6 is 24.0 Å². The number of nitrogens with zero attached hydrogens (tertiary/aromatic N) is 1. The van der Waals surface area contributed by atoms with Gasteiger partial charge in [0.15, 0.2) is 0 Å². The lowest BCUT2D eigenvalue weighted by molar-refractivity contribution is -0.123. The predicted octanol–water partition coefficient (Wildman–Crippen LogP) is 3.86. The normalized spacial score (nSPS) is 22.6. The number of hydrogen-bond acceptors (Lipinski definition) is 5. The summed E-state index contributed by atoms with van der Waals surface area (Å²) in [5, 5.41) is 0. The molecule has 1 aromatic rings. The molecule has 4 nitrogen and oxygen atoms in total. The van der Waals surface area contributed by atoms with Gasteiger partial charge in [0.1, 0.15) is 10.1 Å². The van der Waals surface area contributed by atoms with E-state index in [1.807, 2.05) is 30.3 Å². The second kappa shape index (κ2) is 8.14. The predicted molar refractivity (Wildman–Crippen MR) is 101 cm³/mol. The van der Waals surface area contributed by atoms with Crippen molar-refractivity contribution < 1.29 is 14.3 Å². The van der Waals surface area contributed by atoms with Crippen LogP contribution in [0.4, 0.5) is 0 Å². The Morgan fingerprint density at radius 3 is 2.88 bits per heavy atom. The average Bonchev–Trinajstić information content (AvgIpc) is 3.19. The van der Waals surface area contributed by atoms with Gasteiger partial charge in [0.2, 0.25) is 0 Å². The van der Waals surface area contributed by atoms with Crippen molar-refractivity contribution in [3.63, 3.8) is 0 Å². The molecule has 2 aliphatic rings. The number of ether oxygens (including phenoxy) is 2. The number of carbonyl (C=O) groups is 1. The van der Waals surface area contributed by atoms with Gasteiger partial charge < -0.3 is 9.47 Å². The van der Waals surface area contributed by atoms with Gasteiger partial charge in [-0.2, -0.15) is 0 Å². The van der Waals surface area contributed by atoms with E-state index >= 15 is 0 Å².